The van der Waals surface area contributed by atoms with Crippen molar-refractivity contribution in [3.05, 3.63) is 41.1 Å². The van der Waals surface area contributed by atoms with Crippen molar-refractivity contribution in [3.8, 4) is 0 Å². The molecule has 2 nitrogen and oxygen atoms in total. The van der Waals surface area contributed by atoms with Crippen LogP contribution in [0.5, 0.6) is 0 Å². The Kier molecular flexibility index (Phi) is 6.65. The van der Waals surface area contributed by atoms with Gasteiger partial charge in [0.05, 0.1) is 0 Å². The topological polar surface area (TPSA) is 15.3 Å². The lowest BCUT2D eigenvalue weighted by Gasteiger charge is -2.31. The molecular formula is C17H28N2. The first-order valence-electron chi connectivity index (χ1n) is 7.39. The summed E-state index contributed by atoms with van der Waals surface area (Å²) in [5.41, 5.74) is 5.56. The second kappa shape index (κ2) is 8.00. The zero-order chi connectivity index (χ0) is 14.3. The number of nitrogens with one attached hydrogen (secondary N) is 1. The van der Waals surface area contributed by atoms with Crippen LogP contribution in [0.2, 0.25) is 0 Å². The van der Waals surface area contributed by atoms with Crippen molar-refractivity contribution in [1.29, 1.82) is 0 Å². The van der Waals surface area contributed by atoms with Crippen LogP contribution in [0.1, 0.15) is 38.8 Å². The summed E-state index contributed by atoms with van der Waals surface area (Å²) in [7, 11) is 0. The van der Waals surface area contributed by atoms with E-state index in [1.807, 2.05) is 13.8 Å². The minimum absolute atomic E-state index is 1.10. The highest BCUT2D eigenvalue weighted by Crippen LogP contribution is 2.23. The second-order valence-corrected chi connectivity index (χ2v) is 4.76. The lowest BCUT2D eigenvalue weighted by atomic mass is 10.00. The molecule has 2 rings (SSSR count). The third-order valence-electron chi connectivity index (χ3n) is 3.68. The number of aryl methyl sites for hydroxylation is 1. The van der Waals surface area contributed by atoms with Crippen LogP contribution in [-0.4, -0.2) is 31.1 Å². The SMILES string of the molecule is C/C(=C(/C)N1CCNCC1)c1ccccc1C.CC. The lowest BCUT2D eigenvalue weighted by molar-refractivity contribution is 0.301. The van der Waals surface area contributed by atoms with Gasteiger partial charge in [0.15, 0.2) is 0 Å². The Labute approximate surface area is 118 Å². The van der Waals surface area contributed by atoms with Gasteiger partial charge in [0.2, 0.25) is 0 Å². The van der Waals surface area contributed by atoms with E-state index < -0.39 is 0 Å². The lowest BCUT2D eigenvalue weighted by Crippen LogP contribution is -2.42. The molecule has 0 saturated carbocycles. The van der Waals surface area contributed by atoms with Gasteiger partial charge in [-0.1, -0.05) is 38.1 Å². The summed E-state index contributed by atoms with van der Waals surface area (Å²) < 4.78 is 0. The second-order valence-electron chi connectivity index (χ2n) is 4.76. The Morgan fingerprint density at radius 3 is 2.21 bits per heavy atom. The molecule has 0 atom stereocenters. The molecule has 1 aliphatic heterocycles. The first kappa shape index (κ1) is 15.8. The third-order valence-corrected chi connectivity index (χ3v) is 3.68. The molecule has 0 bridgehead atoms. The number of piperazine rings is 1. The Bertz CT molecular complexity index is 415. The highest BCUT2D eigenvalue weighted by molar-refractivity contribution is 5.68. The zero-order valence-electron chi connectivity index (χ0n) is 13.1. The van der Waals surface area contributed by atoms with E-state index in [0.29, 0.717) is 0 Å². The zero-order valence-corrected chi connectivity index (χ0v) is 13.1. The Balaban J connectivity index is 0.000000861. The van der Waals surface area contributed by atoms with Gasteiger partial charge in [0.25, 0.3) is 0 Å². The number of hydrogen-bond acceptors (Lipinski definition) is 2. The Morgan fingerprint density at radius 2 is 1.63 bits per heavy atom. The van der Waals surface area contributed by atoms with Crippen molar-refractivity contribution in [2.75, 3.05) is 26.2 Å². The van der Waals surface area contributed by atoms with Gasteiger partial charge in [0, 0.05) is 31.9 Å². The fourth-order valence-electron chi connectivity index (χ4n) is 2.43. The molecule has 0 amide bonds. The summed E-state index contributed by atoms with van der Waals surface area (Å²) in [6, 6.07) is 8.63. The molecule has 1 aromatic rings. The van der Waals surface area contributed by atoms with Crippen LogP contribution >= 0.6 is 0 Å². The number of rotatable bonds is 2. The van der Waals surface area contributed by atoms with Crippen molar-refractivity contribution in [2.45, 2.75) is 34.6 Å². The molecule has 1 aliphatic rings. The minimum atomic E-state index is 1.10. The molecule has 0 aromatic heterocycles. The molecule has 1 heterocycles. The summed E-state index contributed by atoms with van der Waals surface area (Å²) in [5, 5.41) is 3.40. The van der Waals surface area contributed by atoms with E-state index in [2.05, 4.69) is 55.3 Å². The van der Waals surface area contributed by atoms with Crippen molar-refractivity contribution >= 4 is 5.57 Å². The van der Waals surface area contributed by atoms with Crippen LogP contribution in [-0.2, 0) is 0 Å². The molecule has 1 aromatic carbocycles. The average Bonchev–Trinajstić information content (AvgIpc) is 2.49. The van der Waals surface area contributed by atoms with E-state index in [1.165, 1.54) is 22.4 Å². The Hall–Kier alpha value is -1.28. The molecule has 1 fully saturated rings. The summed E-state index contributed by atoms with van der Waals surface area (Å²) in [4.78, 5) is 2.48. The van der Waals surface area contributed by atoms with E-state index in [-0.39, 0.29) is 0 Å². The summed E-state index contributed by atoms with van der Waals surface area (Å²) >= 11 is 0. The summed E-state index contributed by atoms with van der Waals surface area (Å²) in [5.74, 6) is 0. The Morgan fingerprint density at radius 1 is 1.05 bits per heavy atom. The average molecular weight is 260 g/mol. The van der Waals surface area contributed by atoms with Crippen LogP contribution in [0.15, 0.2) is 30.0 Å². The maximum absolute atomic E-state index is 3.40. The fourth-order valence-corrected chi connectivity index (χ4v) is 2.43. The van der Waals surface area contributed by atoms with Crippen LogP contribution in [0.4, 0.5) is 0 Å². The molecular weight excluding hydrogens is 232 g/mol. The van der Waals surface area contributed by atoms with Crippen molar-refractivity contribution in [1.82, 2.24) is 10.2 Å². The largest absolute Gasteiger partial charge is 0.372 e. The number of allylic oxidation sites excluding steroid dienone is 2. The first-order valence-corrected chi connectivity index (χ1v) is 7.39. The van der Waals surface area contributed by atoms with Crippen LogP contribution in [0.25, 0.3) is 5.57 Å². The maximum Gasteiger partial charge on any atom is 0.0300 e. The fraction of sp³-hybridized carbons (Fsp3) is 0.529. The molecule has 0 unspecified atom stereocenters. The summed E-state index contributed by atoms with van der Waals surface area (Å²) in [6.45, 7) is 15.1. The maximum atomic E-state index is 3.40. The minimum Gasteiger partial charge on any atom is -0.372 e. The van der Waals surface area contributed by atoms with Gasteiger partial charge < -0.3 is 10.2 Å². The predicted octanol–water partition coefficient (Wildman–Crippen LogP) is 3.68. The van der Waals surface area contributed by atoms with E-state index in [1.54, 1.807) is 0 Å². The van der Waals surface area contributed by atoms with Crippen LogP contribution in [0, 0.1) is 6.92 Å². The van der Waals surface area contributed by atoms with Gasteiger partial charge in [-0.15, -0.1) is 0 Å². The van der Waals surface area contributed by atoms with Gasteiger partial charge in [0.1, 0.15) is 0 Å². The molecule has 1 N–H and O–H groups in total. The number of benzene rings is 1. The van der Waals surface area contributed by atoms with Crippen LogP contribution < -0.4 is 5.32 Å². The van der Waals surface area contributed by atoms with Crippen LogP contribution in [0.3, 0.4) is 0 Å². The number of hydrogen-bond donors (Lipinski definition) is 1. The molecule has 0 radical (unpaired) electrons. The molecule has 0 aliphatic carbocycles. The van der Waals surface area contributed by atoms with Crippen molar-refractivity contribution in [3.63, 3.8) is 0 Å². The highest BCUT2D eigenvalue weighted by Gasteiger charge is 2.12. The monoisotopic (exact) mass is 260 g/mol. The van der Waals surface area contributed by atoms with Gasteiger partial charge in [-0.2, -0.15) is 0 Å². The molecule has 2 heteroatoms. The third kappa shape index (κ3) is 4.10. The quantitative estimate of drug-likeness (QED) is 0.872. The predicted molar refractivity (Wildman–Crippen MR) is 85.2 cm³/mol. The molecule has 106 valence electrons. The molecule has 0 spiro atoms. The van der Waals surface area contributed by atoms with Gasteiger partial charge in [-0.3, -0.25) is 0 Å². The molecule has 19 heavy (non-hydrogen) atoms. The number of nitrogens with zero attached hydrogens (tertiary/aromatic N) is 1. The van der Waals surface area contributed by atoms with Gasteiger partial charge >= 0.3 is 0 Å². The smallest absolute Gasteiger partial charge is 0.0300 e. The van der Waals surface area contributed by atoms with Gasteiger partial charge in [-0.05, 0) is 37.5 Å². The highest BCUT2D eigenvalue weighted by atomic mass is 15.2. The van der Waals surface area contributed by atoms with E-state index in [0.717, 1.165) is 26.2 Å². The normalized spacial score (nSPS) is 16.4. The summed E-state index contributed by atoms with van der Waals surface area (Å²) in [6.07, 6.45) is 0. The van der Waals surface area contributed by atoms with E-state index in [4.69, 9.17) is 0 Å². The van der Waals surface area contributed by atoms with E-state index in [9.17, 15) is 0 Å². The van der Waals surface area contributed by atoms with Crippen molar-refractivity contribution < 1.29 is 0 Å². The van der Waals surface area contributed by atoms with Crippen molar-refractivity contribution in [2.24, 2.45) is 0 Å². The molecule has 1 saturated heterocycles. The van der Waals surface area contributed by atoms with Gasteiger partial charge in [-0.25, -0.2) is 0 Å². The first-order chi connectivity index (χ1) is 9.20. The van der Waals surface area contributed by atoms with E-state index >= 15 is 0 Å². The standard InChI is InChI=1S/C15H22N2.C2H6/c1-12-6-4-5-7-15(12)13(2)14(3)17-10-8-16-9-11-17;1-2/h4-7,16H,8-11H2,1-3H3;1-2H3/b14-13+;.